The van der Waals surface area contributed by atoms with Crippen LogP contribution >= 0.6 is 0 Å². The summed E-state index contributed by atoms with van der Waals surface area (Å²) in [4.78, 5) is 0. The molecule has 1 aliphatic heterocycles. The van der Waals surface area contributed by atoms with Gasteiger partial charge >= 0.3 is 7.12 Å². The van der Waals surface area contributed by atoms with E-state index in [0.717, 1.165) is 0 Å². The third-order valence-electron chi connectivity index (χ3n) is 2.41. The largest absolute Gasteiger partial charge is 0.457 e. The van der Waals surface area contributed by atoms with Crippen molar-refractivity contribution in [2.24, 2.45) is 0 Å². The minimum absolute atomic E-state index is 0.473. The first-order valence-electron chi connectivity index (χ1n) is 5.02. The van der Waals surface area contributed by atoms with E-state index < -0.39 is 44.7 Å². The maximum Gasteiger partial charge on any atom is 0.457 e. The summed E-state index contributed by atoms with van der Waals surface area (Å²) in [6.45, 7) is 0.888. The molecule has 0 bridgehead atoms. The number of aliphatic hydroxyl groups excluding tert-OH is 4. The lowest BCUT2D eigenvalue weighted by atomic mass is 9.87. The molecule has 1 saturated heterocycles. The van der Waals surface area contributed by atoms with Gasteiger partial charge in [-0.3, -0.25) is 0 Å². The van der Waals surface area contributed by atoms with Crippen molar-refractivity contribution >= 4 is 7.12 Å². The zero-order chi connectivity index (χ0) is 11.4. The molecule has 1 aliphatic rings. The van der Waals surface area contributed by atoms with Crippen LogP contribution in [-0.4, -0.2) is 65.2 Å². The molecule has 6 nitrogen and oxygen atoms in total. The summed E-state index contributed by atoms with van der Waals surface area (Å²) in [6.07, 6.45) is -3.27. The van der Waals surface area contributed by atoms with E-state index in [1.165, 1.54) is 0 Å². The van der Waals surface area contributed by atoms with Crippen LogP contribution in [0.15, 0.2) is 0 Å². The third kappa shape index (κ3) is 2.90. The second-order valence-corrected chi connectivity index (χ2v) is 3.54. The predicted octanol–water partition coefficient (Wildman–Crippen LogP) is -2.02. The van der Waals surface area contributed by atoms with E-state index in [0.29, 0.717) is 6.32 Å². The van der Waals surface area contributed by atoms with Crippen molar-refractivity contribution in [1.82, 2.24) is 0 Å². The summed E-state index contributed by atoms with van der Waals surface area (Å²) < 4.78 is 10.6. The molecule has 0 aromatic heterocycles. The molecular weight excluding hydrogens is 203 g/mol. The zero-order valence-corrected chi connectivity index (χ0v) is 8.61. The van der Waals surface area contributed by atoms with Crippen LogP contribution < -0.4 is 0 Å². The van der Waals surface area contributed by atoms with Gasteiger partial charge in [0, 0.05) is 0 Å². The fourth-order valence-corrected chi connectivity index (χ4v) is 1.56. The minimum Gasteiger partial charge on any atom is -0.403 e. The number of hydrogen-bond donors (Lipinski definition) is 4. The van der Waals surface area contributed by atoms with Crippen LogP contribution in [0.2, 0.25) is 6.32 Å². The third-order valence-corrected chi connectivity index (χ3v) is 2.41. The Labute approximate surface area is 88.6 Å². The van der Waals surface area contributed by atoms with Crippen molar-refractivity contribution in [3.63, 3.8) is 0 Å². The quantitative estimate of drug-likeness (QED) is 0.399. The Morgan fingerprint density at radius 2 is 1.47 bits per heavy atom. The van der Waals surface area contributed by atoms with Crippen molar-refractivity contribution in [2.75, 3.05) is 13.2 Å². The van der Waals surface area contributed by atoms with E-state index in [1.54, 1.807) is 0 Å². The lowest BCUT2D eigenvalue weighted by Crippen LogP contribution is -2.45. The van der Waals surface area contributed by atoms with Crippen molar-refractivity contribution < 1.29 is 29.7 Å². The molecule has 15 heavy (non-hydrogen) atoms. The first kappa shape index (κ1) is 12.9. The van der Waals surface area contributed by atoms with Crippen molar-refractivity contribution in [2.45, 2.75) is 37.7 Å². The van der Waals surface area contributed by atoms with Crippen LogP contribution in [0, 0.1) is 0 Å². The maximum atomic E-state index is 9.44. The van der Waals surface area contributed by atoms with Gasteiger partial charge in [-0.05, 0) is 6.32 Å². The molecule has 88 valence electrons. The Kier molecular flexibility index (Phi) is 4.97. The average molecular weight is 220 g/mol. The van der Waals surface area contributed by atoms with Gasteiger partial charge in [0.2, 0.25) is 0 Å². The van der Waals surface area contributed by atoms with Gasteiger partial charge < -0.3 is 29.7 Å². The highest BCUT2D eigenvalue weighted by Crippen LogP contribution is 2.24. The monoisotopic (exact) mass is 220 g/mol. The summed E-state index contributed by atoms with van der Waals surface area (Å²) in [6, 6.07) is 0. The van der Waals surface area contributed by atoms with Crippen molar-refractivity contribution in [3.8, 4) is 0 Å². The minimum atomic E-state index is -1.12. The second kappa shape index (κ2) is 5.79. The molecule has 4 unspecified atom stereocenters. The molecule has 0 amide bonds. The molecule has 1 rings (SSSR count). The number of rotatable bonds is 5. The molecule has 0 spiro atoms. The zero-order valence-electron chi connectivity index (χ0n) is 8.61. The Balaban J connectivity index is 2.65. The van der Waals surface area contributed by atoms with E-state index in [2.05, 4.69) is 0 Å². The van der Waals surface area contributed by atoms with Gasteiger partial charge in [0.05, 0.1) is 25.4 Å². The van der Waals surface area contributed by atoms with E-state index in [4.69, 9.17) is 19.5 Å². The molecule has 0 saturated carbocycles. The highest BCUT2D eigenvalue weighted by Gasteiger charge is 2.45. The predicted molar refractivity (Wildman–Crippen MR) is 52.2 cm³/mol. The molecule has 0 aromatic rings. The fraction of sp³-hybridized carbons (Fsp3) is 1.00. The molecule has 7 heteroatoms. The van der Waals surface area contributed by atoms with Gasteiger partial charge in [-0.25, -0.2) is 0 Å². The van der Waals surface area contributed by atoms with E-state index in [1.807, 2.05) is 6.92 Å². The standard InChI is InChI=1S/C8H17BO6/c1-2-9-14-7(5(12)3-10)8(15-9)6(13)4-11/h5-8,10-13H,2-4H2,1H3. The van der Waals surface area contributed by atoms with Gasteiger partial charge in [0.1, 0.15) is 12.2 Å². The molecular formula is C8H17BO6. The summed E-state index contributed by atoms with van der Waals surface area (Å²) in [5.74, 6) is 0. The highest BCUT2D eigenvalue weighted by atomic mass is 16.7. The molecule has 0 aliphatic carbocycles. The van der Waals surface area contributed by atoms with Gasteiger partial charge in [0.25, 0.3) is 0 Å². The molecule has 0 radical (unpaired) electrons. The van der Waals surface area contributed by atoms with Crippen LogP contribution in [-0.2, 0) is 9.31 Å². The second-order valence-electron chi connectivity index (χ2n) is 3.54. The summed E-state index contributed by atoms with van der Waals surface area (Å²) in [5.41, 5.74) is 0. The van der Waals surface area contributed by atoms with Crippen LogP contribution in [0.1, 0.15) is 6.92 Å². The average Bonchev–Trinajstić information content (AvgIpc) is 2.70. The first-order chi connectivity index (χ1) is 7.13. The van der Waals surface area contributed by atoms with Crippen LogP contribution in [0.3, 0.4) is 0 Å². The highest BCUT2D eigenvalue weighted by molar-refractivity contribution is 6.45. The lowest BCUT2D eigenvalue weighted by molar-refractivity contribution is -0.0640. The topological polar surface area (TPSA) is 99.4 Å². The summed E-state index contributed by atoms with van der Waals surface area (Å²) >= 11 is 0. The van der Waals surface area contributed by atoms with Crippen molar-refractivity contribution in [3.05, 3.63) is 0 Å². The van der Waals surface area contributed by atoms with E-state index in [9.17, 15) is 10.2 Å². The molecule has 1 heterocycles. The number of hydrogen-bond acceptors (Lipinski definition) is 6. The Bertz CT molecular complexity index is 174. The Hall–Kier alpha value is -0.175. The summed E-state index contributed by atoms with van der Waals surface area (Å²) in [7, 11) is -0.512. The maximum absolute atomic E-state index is 9.44. The van der Waals surface area contributed by atoms with E-state index >= 15 is 0 Å². The number of aliphatic hydroxyl groups is 4. The summed E-state index contributed by atoms with van der Waals surface area (Å²) in [5, 5.41) is 36.5. The lowest BCUT2D eigenvalue weighted by Gasteiger charge is -2.24. The fourth-order valence-electron chi connectivity index (χ4n) is 1.56. The molecule has 4 atom stereocenters. The van der Waals surface area contributed by atoms with Crippen molar-refractivity contribution in [1.29, 1.82) is 0 Å². The van der Waals surface area contributed by atoms with Crippen LogP contribution in [0.5, 0.6) is 0 Å². The molecule has 0 aromatic carbocycles. The van der Waals surface area contributed by atoms with E-state index in [-0.39, 0.29) is 0 Å². The Morgan fingerprint density at radius 3 is 1.73 bits per heavy atom. The van der Waals surface area contributed by atoms with Crippen LogP contribution in [0.4, 0.5) is 0 Å². The first-order valence-corrected chi connectivity index (χ1v) is 5.02. The van der Waals surface area contributed by atoms with Crippen LogP contribution in [0.25, 0.3) is 0 Å². The van der Waals surface area contributed by atoms with Gasteiger partial charge in [0.15, 0.2) is 0 Å². The van der Waals surface area contributed by atoms with Gasteiger partial charge in [-0.1, -0.05) is 6.92 Å². The van der Waals surface area contributed by atoms with Gasteiger partial charge in [-0.2, -0.15) is 0 Å². The Morgan fingerprint density at radius 1 is 1.07 bits per heavy atom. The molecule has 4 N–H and O–H groups in total. The normalized spacial score (nSPS) is 30.6. The smallest absolute Gasteiger partial charge is 0.403 e. The molecule has 1 fully saturated rings. The van der Waals surface area contributed by atoms with Gasteiger partial charge in [-0.15, -0.1) is 0 Å². The SMILES string of the molecule is CCB1OC(C(O)CO)C(C(O)CO)O1.